The van der Waals surface area contributed by atoms with Gasteiger partial charge in [0.25, 0.3) is 0 Å². The first-order valence-corrected chi connectivity index (χ1v) is 6.38. The van der Waals surface area contributed by atoms with Gasteiger partial charge in [-0.25, -0.2) is 0 Å². The minimum Gasteiger partial charge on any atom is -0.550 e. The second kappa shape index (κ2) is 15.9. The molecule has 0 aromatic carbocycles. The van der Waals surface area contributed by atoms with Crippen molar-refractivity contribution in [2.45, 2.75) is 78.6 Å². The van der Waals surface area contributed by atoms with Crippen LogP contribution in [0.15, 0.2) is 0 Å². The van der Waals surface area contributed by atoms with Crippen molar-refractivity contribution in [3.8, 4) is 0 Å². The SMILES string of the molecule is CCC.CCCCCCCCCC(=O)[O-]. The standard InChI is InChI=1S/C10H20O2.C3H8/c1-2-3-4-5-6-7-8-9-10(11)12;1-3-2/h2-9H2,1H3,(H,11,12);3H2,1-2H3/p-1. The van der Waals surface area contributed by atoms with E-state index in [1.165, 1.54) is 38.5 Å². The highest BCUT2D eigenvalue weighted by Crippen LogP contribution is 2.07. The fourth-order valence-electron chi connectivity index (χ4n) is 1.23. The molecule has 0 heterocycles. The van der Waals surface area contributed by atoms with Gasteiger partial charge in [0.2, 0.25) is 0 Å². The largest absolute Gasteiger partial charge is 0.550 e. The molecule has 0 radical (unpaired) electrons. The van der Waals surface area contributed by atoms with Crippen LogP contribution in [0.2, 0.25) is 0 Å². The minimum atomic E-state index is -0.913. The molecule has 0 bridgehead atoms. The second-order valence-electron chi connectivity index (χ2n) is 3.95. The van der Waals surface area contributed by atoms with Crippen molar-refractivity contribution in [2.24, 2.45) is 0 Å². The molecule has 0 aromatic heterocycles. The number of carboxylic acids is 1. The summed E-state index contributed by atoms with van der Waals surface area (Å²) in [5.41, 5.74) is 0. The Morgan fingerprint density at radius 2 is 1.27 bits per heavy atom. The van der Waals surface area contributed by atoms with E-state index in [2.05, 4.69) is 20.8 Å². The maximum absolute atomic E-state index is 10.0. The summed E-state index contributed by atoms with van der Waals surface area (Å²) in [6.07, 6.45) is 9.59. The number of rotatable bonds is 8. The van der Waals surface area contributed by atoms with Crippen molar-refractivity contribution in [3.63, 3.8) is 0 Å². The van der Waals surface area contributed by atoms with E-state index in [4.69, 9.17) is 0 Å². The van der Waals surface area contributed by atoms with Crippen molar-refractivity contribution in [1.29, 1.82) is 0 Å². The van der Waals surface area contributed by atoms with E-state index in [1.54, 1.807) is 0 Å². The Bertz CT molecular complexity index is 122. The average molecular weight is 215 g/mol. The van der Waals surface area contributed by atoms with Gasteiger partial charge >= 0.3 is 0 Å². The molecule has 2 nitrogen and oxygen atoms in total. The van der Waals surface area contributed by atoms with Gasteiger partial charge in [0.05, 0.1) is 0 Å². The van der Waals surface area contributed by atoms with E-state index in [-0.39, 0.29) is 6.42 Å². The highest BCUT2D eigenvalue weighted by molar-refractivity contribution is 5.63. The molecule has 0 atom stereocenters. The molecule has 2 heteroatoms. The lowest BCUT2D eigenvalue weighted by Crippen LogP contribution is -2.21. The summed E-state index contributed by atoms with van der Waals surface area (Å²) in [7, 11) is 0. The summed E-state index contributed by atoms with van der Waals surface area (Å²) in [6, 6.07) is 0. The zero-order valence-corrected chi connectivity index (χ0v) is 10.7. The molecule has 92 valence electrons. The van der Waals surface area contributed by atoms with Crippen molar-refractivity contribution in [3.05, 3.63) is 0 Å². The van der Waals surface area contributed by atoms with Gasteiger partial charge in [-0.15, -0.1) is 0 Å². The molecule has 0 spiro atoms. The second-order valence-corrected chi connectivity index (χ2v) is 3.95. The first-order chi connectivity index (χ1) is 7.18. The fraction of sp³-hybridized carbons (Fsp3) is 0.923. The highest BCUT2D eigenvalue weighted by atomic mass is 16.4. The Kier molecular flexibility index (Phi) is 17.9. The van der Waals surface area contributed by atoms with E-state index in [0.29, 0.717) is 0 Å². The first-order valence-electron chi connectivity index (χ1n) is 6.38. The summed E-state index contributed by atoms with van der Waals surface area (Å²) < 4.78 is 0. The van der Waals surface area contributed by atoms with E-state index in [0.717, 1.165) is 12.8 Å². The van der Waals surface area contributed by atoms with Crippen molar-refractivity contribution < 1.29 is 9.90 Å². The number of aliphatic carboxylic acids is 1. The molecule has 0 fully saturated rings. The molecule has 0 aliphatic heterocycles. The Morgan fingerprint density at radius 3 is 1.67 bits per heavy atom. The van der Waals surface area contributed by atoms with Gasteiger partial charge in [-0.1, -0.05) is 65.7 Å². The van der Waals surface area contributed by atoms with Gasteiger partial charge in [0, 0.05) is 5.97 Å². The lowest BCUT2D eigenvalue weighted by Gasteiger charge is -2.01. The van der Waals surface area contributed by atoms with Crippen LogP contribution in [0, 0.1) is 0 Å². The van der Waals surface area contributed by atoms with Gasteiger partial charge in [0.1, 0.15) is 0 Å². The van der Waals surface area contributed by atoms with Crippen LogP contribution in [-0.4, -0.2) is 5.97 Å². The predicted octanol–water partition coefficient (Wildman–Crippen LogP) is 3.29. The van der Waals surface area contributed by atoms with Gasteiger partial charge in [0.15, 0.2) is 0 Å². The normalized spacial score (nSPS) is 9.27. The van der Waals surface area contributed by atoms with Gasteiger partial charge in [-0.2, -0.15) is 0 Å². The van der Waals surface area contributed by atoms with E-state index in [1.807, 2.05) is 0 Å². The fourth-order valence-corrected chi connectivity index (χ4v) is 1.23. The Hall–Kier alpha value is -0.530. The van der Waals surface area contributed by atoms with Crippen molar-refractivity contribution in [1.82, 2.24) is 0 Å². The molecule has 0 unspecified atom stereocenters. The zero-order valence-electron chi connectivity index (χ0n) is 10.7. The number of hydrogen-bond donors (Lipinski definition) is 0. The Labute approximate surface area is 95.1 Å². The topological polar surface area (TPSA) is 40.1 Å². The summed E-state index contributed by atoms with van der Waals surface area (Å²) in [6.45, 7) is 6.44. The molecule has 0 aromatic rings. The molecular weight excluding hydrogens is 188 g/mol. The van der Waals surface area contributed by atoms with Crippen LogP contribution in [0.5, 0.6) is 0 Å². The molecule has 0 saturated carbocycles. The Morgan fingerprint density at radius 1 is 0.867 bits per heavy atom. The van der Waals surface area contributed by atoms with E-state index < -0.39 is 5.97 Å². The summed E-state index contributed by atoms with van der Waals surface area (Å²) in [5.74, 6) is -0.913. The molecule has 0 aliphatic carbocycles. The van der Waals surface area contributed by atoms with Crippen molar-refractivity contribution in [2.75, 3.05) is 0 Å². The smallest absolute Gasteiger partial charge is 0.0414 e. The van der Waals surface area contributed by atoms with Crippen LogP contribution in [0.4, 0.5) is 0 Å². The van der Waals surface area contributed by atoms with E-state index in [9.17, 15) is 9.90 Å². The average Bonchev–Trinajstić information content (AvgIpc) is 2.17. The van der Waals surface area contributed by atoms with Crippen molar-refractivity contribution >= 4 is 5.97 Å². The predicted molar refractivity (Wildman–Crippen MR) is 63.6 cm³/mol. The van der Waals surface area contributed by atoms with Gasteiger partial charge < -0.3 is 9.90 Å². The molecule has 0 amide bonds. The van der Waals surface area contributed by atoms with Gasteiger partial charge in [-0.05, 0) is 12.8 Å². The third-order valence-corrected chi connectivity index (χ3v) is 1.98. The number of carbonyl (C=O) groups is 1. The van der Waals surface area contributed by atoms with Crippen LogP contribution in [-0.2, 0) is 4.79 Å². The number of carbonyl (C=O) groups excluding carboxylic acids is 1. The number of hydrogen-bond acceptors (Lipinski definition) is 2. The highest BCUT2D eigenvalue weighted by Gasteiger charge is 1.90. The van der Waals surface area contributed by atoms with Gasteiger partial charge in [-0.3, -0.25) is 0 Å². The summed E-state index contributed by atoms with van der Waals surface area (Å²) in [5, 5.41) is 10.0. The van der Waals surface area contributed by atoms with Crippen LogP contribution < -0.4 is 5.11 Å². The minimum absolute atomic E-state index is 0.230. The van der Waals surface area contributed by atoms with Crippen LogP contribution in [0.3, 0.4) is 0 Å². The number of carboxylic acid groups (broad SMARTS) is 1. The molecular formula is C13H27O2-. The molecule has 0 rings (SSSR count). The molecule has 15 heavy (non-hydrogen) atoms. The lowest BCUT2D eigenvalue weighted by atomic mass is 10.1. The molecule has 0 saturated heterocycles. The van der Waals surface area contributed by atoms with Crippen LogP contribution >= 0.6 is 0 Å². The lowest BCUT2D eigenvalue weighted by molar-refractivity contribution is -0.305. The van der Waals surface area contributed by atoms with Crippen LogP contribution in [0.1, 0.15) is 78.6 Å². The Balaban J connectivity index is 0. The van der Waals surface area contributed by atoms with Crippen LogP contribution in [0.25, 0.3) is 0 Å². The zero-order chi connectivity index (χ0) is 11.9. The number of unbranched alkanes of at least 4 members (excludes halogenated alkanes) is 6. The third-order valence-electron chi connectivity index (χ3n) is 1.98. The maximum atomic E-state index is 10.0. The monoisotopic (exact) mass is 215 g/mol. The maximum Gasteiger partial charge on any atom is 0.0414 e. The summed E-state index contributed by atoms with van der Waals surface area (Å²) in [4.78, 5) is 10.0. The quantitative estimate of drug-likeness (QED) is 0.583. The van der Waals surface area contributed by atoms with E-state index >= 15 is 0 Å². The summed E-state index contributed by atoms with van der Waals surface area (Å²) >= 11 is 0. The third kappa shape index (κ3) is 24.7. The molecule has 0 N–H and O–H groups in total. The first kappa shape index (κ1) is 16.9. The molecule has 0 aliphatic rings.